The molecule has 8 heteroatoms. The smallest absolute Gasteiger partial charge is 0.248 e. The minimum absolute atomic E-state index is 0. The number of hydrogen-bond acceptors (Lipinski definition) is 3. The highest BCUT2D eigenvalue weighted by Crippen LogP contribution is 2.35. The molecule has 3 rings (SSSR count). The van der Waals surface area contributed by atoms with Crippen molar-refractivity contribution in [1.29, 1.82) is 5.41 Å². The molecule has 2 aromatic rings. The summed E-state index contributed by atoms with van der Waals surface area (Å²) >= 11 is 6.34. The quantitative estimate of drug-likeness (QED) is 0.366. The van der Waals surface area contributed by atoms with Gasteiger partial charge in [-0.05, 0) is 42.9 Å². The number of aromatic nitrogens is 1. The van der Waals surface area contributed by atoms with Crippen molar-refractivity contribution in [3.63, 3.8) is 0 Å². The topological polar surface area (TPSA) is 107 Å². The summed E-state index contributed by atoms with van der Waals surface area (Å²) in [6.07, 6.45) is 1.32. The average molecular weight is 380 g/mol. The van der Waals surface area contributed by atoms with Crippen molar-refractivity contribution in [2.45, 2.75) is 25.7 Å². The summed E-state index contributed by atoms with van der Waals surface area (Å²) in [5, 5.41) is 12.3. The maximum absolute atomic E-state index is 11.9. The van der Waals surface area contributed by atoms with E-state index in [1.807, 2.05) is 31.2 Å². The molecule has 0 amide bonds. The van der Waals surface area contributed by atoms with E-state index in [4.69, 9.17) is 22.7 Å². The summed E-state index contributed by atoms with van der Waals surface area (Å²) < 4.78 is 0. The molecule has 0 bridgehead atoms. The van der Waals surface area contributed by atoms with Crippen LogP contribution in [0.5, 0.6) is 0 Å². The van der Waals surface area contributed by atoms with Crippen LogP contribution in [0.1, 0.15) is 34.7 Å². The van der Waals surface area contributed by atoms with E-state index >= 15 is 0 Å². The molecular weight excluding hydrogens is 361 g/mol. The lowest BCUT2D eigenvalue weighted by Crippen LogP contribution is -2.30. The van der Waals surface area contributed by atoms with Crippen LogP contribution < -0.4 is 16.7 Å². The Morgan fingerprint density at radius 1 is 1.40 bits per heavy atom. The number of aromatic amines is 1. The van der Waals surface area contributed by atoms with E-state index in [-0.39, 0.29) is 29.8 Å². The van der Waals surface area contributed by atoms with Gasteiger partial charge in [0.25, 0.3) is 0 Å². The van der Waals surface area contributed by atoms with Crippen LogP contribution >= 0.6 is 24.0 Å². The largest absolute Gasteiger partial charge is 0.369 e. The molecule has 1 aromatic carbocycles. The third kappa shape index (κ3) is 4.03. The number of pyridine rings is 1. The van der Waals surface area contributed by atoms with Gasteiger partial charge in [-0.1, -0.05) is 29.8 Å². The fraction of sp³-hybridized carbons (Fsp3) is 0.235. The van der Waals surface area contributed by atoms with Crippen LogP contribution in [0.3, 0.4) is 0 Å². The number of hydrazone groups is 1. The highest BCUT2D eigenvalue weighted by molar-refractivity contribution is 6.31. The molecule has 1 aromatic heterocycles. The van der Waals surface area contributed by atoms with Gasteiger partial charge in [0, 0.05) is 22.3 Å². The second-order valence-electron chi connectivity index (χ2n) is 5.88. The van der Waals surface area contributed by atoms with Gasteiger partial charge in [0.2, 0.25) is 11.5 Å². The summed E-state index contributed by atoms with van der Waals surface area (Å²) in [6.45, 7) is 1.88. The highest BCUT2D eigenvalue weighted by Gasteiger charge is 2.28. The van der Waals surface area contributed by atoms with Crippen molar-refractivity contribution in [2.24, 2.45) is 10.8 Å². The van der Waals surface area contributed by atoms with Crippen molar-refractivity contribution in [1.82, 2.24) is 10.4 Å². The molecule has 0 fully saturated rings. The molecule has 1 unspecified atom stereocenters. The molecule has 25 heavy (non-hydrogen) atoms. The highest BCUT2D eigenvalue weighted by atomic mass is 35.5. The van der Waals surface area contributed by atoms with Gasteiger partial charge >= 0.3 is 0 Å². The molecule has 0 saturated heterocycles. The molecule has 1 heterocycles. The van der Waals surface area contributed by atoms with Gasteiger partial charge in [0.15, 0.2) is 0 Å². The first-order chi connectivity index (χ1) is 11.5. The molecule has 0 radical (unpaired) electrons. The number of nitrogens with zero attached hydrogens (tertiary/aromatic N) is 1. The van der Waals surface area contributed by atoms with Gasteiger partial charge in [0.1, 0.15) is 0 Å². The Balaban J connectivity index is 0.00000225. The molecule has 0 aliphatic heterocycles. The van der Waals surface area contributed by atoms with E-state index in [0.29, 0.717) is 17.9 Å². The monoisotopic (exact) mass is 379 g/mol. The second-order valence-corrected chi connectivity index (χ2v) is 6.29. The molecule has 1 aliphatic rings. The number of benzene rings is 1. The van der Waals surface area contributed by atoms with E-state index in [1.54, 1.807) is 6.07 Å². The summed E-state index contributed by atoms with van der Waals surface area (Å²) in [4.78, 5) is 14.8. The summed E-state index contributed by atoms with van der Waals surface area (Å²) in [6, 6.07) is 9.23. The van der Waals surface area contributed by atoms with E-state index in [1.165, 1.54) is 0 Å². The van der Waals surface area contributed by atoms with Crippen LogP contribution in [-0.4, -0.2) is 16.7 Å². The van der Waals surface area contributed by atoms with Gasteiger partial charge in [-0.2, -0.15) is 5.10 Å². The molecule has 1 atom stereocenters. The van der Waals surface area contributed by atoms with E-state index in [2.05, 4.69) is 15.5 Å². The van der Waals surface area contributed by atoms with Crippen molar-refractivity contribution >= 4 is 35.7 Å². The zero-order valence-corrected chi connectivity index (χ0v) is 15.2. The van der Waals surface area contributed by atoms with Gasteiger partial charge in [-0.3, -0.25) is 10.2 Å². The molecule has 132 valence electrons. The average Bonchev–Trinajstić information content (AvgIpc) is 2.52. The first-order valence-corrected chi connectivity index (χ1v) is 7.97. The Kier molecular flexibility index (Phi) is 5.87. The van der Waals surface area contributed by atoms with E-state index in [9.17, 15) is 4.79 Å². The van der Waals surface area contributed by atoms with Gasteiger partial charge in [-0.15, -0.1) is 12.4 Å². The van der Waals surface area contributed by atoms with E-state index < -0.39 is 0 Å². The third-order valence-electron chi connectivity index (χ3n) is 4.15. The van der Waals surface area contributed by atoms with Crippen molar-refractivity contribution in [2.75, 3.05) is 0 Å². The number of rotatable bonds is 2. The van der Waals surface area contributed by atoms with Crippen molar-refractivity contribution < 1.29 is 0 Å². The summed E-state index contributed by atoms with van der Waals surface area (Å²) in [7, 11) is 0. The Morgan fingerprint density at radius 2 is 2.12 bits per heavy atom. The standard InChI is InChI=1S/C17H18ClN5O.ClH/c1-9-6-15(24)21-13-7-10(11-4-2-3-5-12(11)18)8-14(16(9)13)22-23-17(19)20;/h2-6,10H,7-8H2,1H3,(H,21,24)(H4,19,20,23);1H. The third-order valence-corrected chi connectivity index (χ3v) is 4.50. The minimum atomic E-state index is -0.231. The van der Waals surface area contributed by atoms with Crippen LogP contribution in [-0.2, 0) is 6.42 Å². The lowest BCUT2D eigenvalue weighted by Gasteiger charge is -2.27. The van der Waals surface area contributed by atoms with Crippen LogP contribution in [0.25, 0.3) is 0 Å². The predicted octanol–water partition coefficient (Wildman–Crippen LogP) is 2.68. The maximum atomic E-state index is 11.9. The number of H-pyrrole nitrogens is 1. The Hall–Kier alpha value is -2.31. The Labute approximate surface area is 156 Å². The molecular formula is C17H19Cl2N5O. The lowest BCUT2D eigenvalue weighted by molar-refractivity contribution is 0.673. The number of aryl methyl sites for hydroxylation is 1. The fourth-order valence-electron chi connectivity index (χ4n) is 3.22. The molecule has 6 nitrogen and oxygen atoms in total. The zero-order valence-electron chi connectivity index (χ0n) is 13.6. The summed E-state index contributed by atoms with van der Waals surface area (Å²) in [5.41, 5.74) is 12.1. The lowest BCUT2D eigenvalue weighted by atomic mass is 9.80. The number of nitrogens with one attached hydrogen (secondary N) is 3. The van der Waals surface area contributed by atoms with Crippen molar-refractivity contribution in [3.8, 4) is 0 Å². The Bertz CT molecular complexity index is 891. The summed E-state index contributed by atoms with van der Waals surface area (Å²) in [5.74, 6) is -0.137. The Morgan fingerprint density at radius 3 is 2.80 bits per heavy atom. The first kappa shape index (κ1) is 19.0. The molecule has 1 aliphatic carbocycles. The van der Waals surface area contributed by atoms with Gasteiger partial charge < -0.3 is 10.7 Å². The predicted molar refractivity (Wildman–Crippen MR) is 103 cm³/mol. The van der Waals surface area contributed by atoms with Crippen LogP contribution in [0.4, 0.5) is 0 Å². The van der Waals surface area contributed by atoms with E-state index in [0.717, 1.165) is 28.1 Å². The van der Waals surface area contributed by atoms with Crippen LogP contribution in [0, 0.1) is 12.3 Å². The molecule has 0 saturated carbocycles. The maximum Gasteiger partial charge on any atom is 0.248 e. The second kappa shape index (κ2) is 7.72. The molecule has 5 N–H and O–H groups in total. The first-order valence-electron chi connectivity index (χ1n) is 7.60. The van der Waals surface area contributed by atoms with Gasteiger partial charge in [-0.25, -0.2) is 5.43 Å². The fourth-order valence-corrected chi connectivity index (χ4v) is 3.51. The SMILES string of the molecule is Cc1cc(=O)[nH]c2c1C(=NNC(=N)N)CC(c1ccccc1Cl)C2.Cl. The van der Waals surface area contributed by atoms with Crippen LogP contribution in [0.2, 0.25) is 5.02 Å². The normalized spacial score (nSPS) is 17.5. The van der Waals surface area contributed by atoms with Gasteiger partial charge in [0.05, 0.1) is 5.71 Å². The molecule has 0 spiro atoms. The number of hydrogen-bond donors (Lipinski definition) is 4. The number of fused-ring (bicyclic) bond motifs is 1. The minimum Gasteiger partial charge on any atom is -0.369 e. The zero-order chi connectivity index (χ0) is 17.3. The van der Waals surface area contributed by atoms with Crippen molar-refractivity contribution in [3.05, 3.63) is 68.1 Å². The number of nitrogens with two attached hydrogens (primary N) is 1. The van der Waals surface area contributed by atoms with Crippen LogP contribution in [0.15, 0.2) is 40.2 Å². The number of halogens is 2. The number of guanidine groups is 1.